The molecule has 1 saturated carbocycles. The van der Waals surface area contributed by atoms with Gasteiger partial charge in [-0.15, -0.1) is 0 Å². The molecule has 132 valence electrons. The normalized spacial score (nSPS) is 14.1. The number of benzene rings is 1. The number of rotatable bonds is 7. The van der Waals surface area contributed by atoms with Gasteiger partial charge in [-0.05, 0) is 57.4 Å². The lowest BCUT2D eigenvalue weighted by Gasteiger charge is -2.11. The van der Waals surface area contributed by atoms with Crippen LogP contribution in [-0.2, 0) is 0 Å². The molecule has 1 aromatic heterocycles. The molecule has 1 heterocycles. The van der Waals surface area contributed by atoms with Crippen molar-refractivity contribution in [2.24, 2.45) is 0 Å². The van der Waals surface area contributed by atoms with E-state index in [2.05, 4.69) is 11.5 Å². The topological polar surface area (TPSA) is 40.5 Å². The molecule has 1 fully saturated rings. The molecule has 4 nitrogen and oxygen atoms in total. The molecular weight excluding hydrogens is 314 g/mol. The predicted molar refractivity (Wildman–Crippen MR) is 99.7 cm³/mol. The van der Waals surface area contributed by atoms with Gasteiger partial charge in [-0.2, -0.15) is 0 Å². The molecule has 0 radical (unpaired) electrons. The van der Waals surface area contributed by atoms with E-state index < -0.39 is 0 Å². The van der Waals surface area contributed by atoms with Crippen LogP contribution in [0.2, 0.25) is 0 Å². The third kappa shape index (κ3) is 3.63. The van der Waals surface area contributed by atoms with Crippen LogP contribution in [0.5, 0.6) is 11.5 Å². The average molecular weight is 339 g/mol. The second-order valence-corrected chi connectivity index (χ2v) is 6.51. The van der Waals surface area contributed by atoms with Gasteiger partial charge in [0.25, 0.3) is 0 Å². The van der Waals surface area contributed by atoms with Gasteiger partial charge in [-0.25, -0.2) is 0 Å². The lowest BCUT2D eigenvalue weighted by molar-refractivity contribution is 0.0918. The highest BCUT2D eigenvalue weighted by molar-refractivity contribution is 5.98. The summed E-state index contributed by atoms with van der Waals surface area (Å²) in [4.78, 5) is 12.6. The molecule has 0 N–H and O–H groups in total. The highest BCUT2D eigenvalue weighted by Gasteiger charge is 2.28. The summed E-state index contributed by atoms with van der Waals surface area (Å²) in [5, 5.41) is 0. The Morgan fingerprint density at radius 3 is 2.64 bits per heavy atom. The van der Waals surface area contributed by atoms with E-state index in [0.29, 0.717) is 17.5 Å². The number of nitrogens with zero attached hydrogens (tertiary/aromatic N) is 1. The van der Waals surface area contributed by atoms with Crippen molar-refractivity contribution in [2.75, 3.05) is 13.7 Å². The van der Waals surface area contributed by atoms with Gasteiger partial charge in [0.1, 0.15) is 0 Å². The molecule has 2 aromatic rings. The van der Waals surface area contributed by atoms with Crippen LogP contribution in [0, 0.1) is 13.8 Å². The first kappa shape index (κ1) is 17.3. The minimum Gasteiger partial charge on any atom is -0.493 e. The van der Waals surface area contributed by atoms with Crippen LogP contribution < -0.4 is 9.47 Å². The number of allylic oxidation sites excluding steroid dienone is 1. The number of ether oxygens (including phenoxy) is 2. The number of hydrogen-bond donors (Lipinski definition) is 0. The van der Waals surface area contributed by atoms with Crippen LogP contribution in [0.3, 0.4) is 0 Å². The fourth-order valence-electron chi connectivity index (χ4n) is 3.27. The standard InChI is InChI=1S/C21H25NO3/c1-5-6-16-7-10-20(21(12-16)24-4)25-13-19(23)18-11-14(2)22(15(18)3)17-8-9-17/h5-7,10-12,17H,8-9,13H2,1-4H3. The van der Waals surface area contributed by atoms with Crippen LogP contribution in [0.1, 0.15) is 53.1 Å². The number of methoxy groups -OCH3 is 1. The van der Waals surface area contributed by atoms with E-state index in [4.69, 9.17) is 9.47 Å². The van der Waals surface area contributed by atoms with Crippen molar-refractivity contribution in [1.29, 1.82) is 0 Å². The Kier molecular flexibility index (Phi) is 4.98. The SMILES string of the molecule is CC=Cc1ccc(OCC(=O)c2cc(C)n(C3CC3)c2C)c(OC)c1. The Morgan fingerprint density at radius 2 is 2.00 bits per heavy atom. The molecule has 4 heteroatoms. The molecule has 25 heavy (non-hydrogen) atoms. The van der Waals surface area contributed by atoms with Crippen LogP contribution in [0.15, 0.2) is 30.3 Å². The maximum Gasteiger partial charge on any atom is 0.202 e. The molecular formula is C21H25NO3. The van der Waals surface area contributed by atoms with E-state index in [0.717, 1.165) is 22.5 Å². The van der Waals surface area contributed by atoms with Crippen molar-refractivity contribution < 1.29 is 14.3 Å². The van der Waals surface area contributed by atoms with Gasteiger partial charge in [-0.3, -0.25) is 4.79 Å². The zero-order valence-corrected chi connectivity index (χ0v) is 15.3. The van der Waals surface area contributed by atoms with Gasteiger partial charge in [0, 0.05) is 23.0 Å². The minimum absolute atomic E-state index is 0.000386. The second kappa shape index (κ2) is 7.18. The highest BCUT2D eigenvalue weighted by atomic mass is 16.5. The first-order valence-corrected chi connectivity index (χ1v) is 8.70. The van der Waals surface area contributed by atoms with Crippen LogP contribution in [0.25, 0.3) is 6.08 Å². The van der Waals surface area contributed by atoms with E-state index in [1.807, 2.05) is 50.3 Å². The fourth-order valence-corrected chi connectivity index (χ4v) is 3.27. The molecule has 0 aliphatic heterocycles. The first-order chi connectivity index (χ1) is 12.0. The Labute approximate surface area is 149 Å². The zero-order valence-electron chi connectivity index (χ0n) is 15.3. The Balaban J connectivity index is 1.73. The molecule has 3 rings (SSSR count). The molecule has 1 aromatic carbocycles. The second-order valence-electron chi connectivity index (χ2n) is 6.51. The van der Waals surface area contributed by atoms with E-state index in [9.17, 15) is 4.79 Å². The smallest absolute Gasteiger partial charge is 0.202 e. The molecule has 1 aliphatic carbocycles. The van der Waals surface area contributed by atoms with Gasteiger partial charge < -0.3 is 14.0 Å². The summed E-state index contributed by atoms with van der Waals surface area (Å²) < 4.78 is 13.4. The summed E-state index contributed by atoms with van der Waals surface area (Å²) in [6.45, 7) is 6.05. The summed E-state index contributed by atoms with van der Waals surface area (Å²) in [5.41, 5.74) is 3.99. The van der Waals surface area contributed by atoms with Crippen LogP contribution >= 0.6 is 0 Å². The van der Waals surface area contributed by atoms with Gasteiger partial charge in [0.05, 0.1) is 7.11 Å². The highest BCUT2D eigenvalue weighted by Crippen LogP contribution is 2.38. The summed E-state index contributed by atoms with van der Waals surface area (Å²) in [6, 6.07) is 8.24. The van der Waals surface area contributed by atoms with Crippen molar-refractivity contribution >= 4 is 11.9 Å². The van der Waals surface area contributed by atoms with E-state index in [1.54, 1.807) is 7.11 Å². The number of carbonyl (C=O) groups is 1. The van der Waals surface area contributed by atoms with Crippen molar-refractivity contribution in [3.8, 4) is 11.5 Å². The van der Waals surface area contributed by atoms with E-state index in [-0.39, 0.29) is 12.4 Å². The molecule has 1 aliphatic rings. The summed E-state index contributed by atoms with van der Waals surface area (Å²) in [7, 11) is 1.60. The van der Waals surface area contributed by atoms with Gasteiger partial charge in [-0.1, -0.05) is 18.2 Å². The Bertz CT molecular complexity index is 813. The molecule has 0 unspecified atom stereocenters. The quantitative estimate of drug-likeness (QED) is 0.684. The van der Waals surface area contributed by atoms with Crippen molar-refractivity contribution in [1.82, 2.24) is 4.57 Å². The first-order valence-electron chi connectivity index (χ1n) is 8.70. The number of hydrogen-bond acceptors (Lipinski definition) is 3. The maximum atomic E-state index is 12.6. The Morgan fingerprint density at radius 1 is 1.24 bits per heavy atom. The third-order valence-electron chi connectivity index (χ3n) is 4.60. The summed E-state index contributed by atoms with van der Waals surface area (Å²) in [5.74, 6) is 1.21. The third-order valence-corrected chi connectivity index (χ3v) is 4.60. The minimum atomic E-state index is -0.000386. The number of aryl methyl sites for hydroxylation is 1. The predicted octanol–water partition coefficient (Wildman–Crippen LogP) is 4.74. The number of ketones is 1. The molecule has 0 saturated heterocycles. The monoisotopic (exact) mass is 339 g/mol. The zero-order chi connectivity index (χ0) is 18.0. The molecule has 0 atom stereocenters. The van der Waals surface area contributed by atoms with Crippen LogP contribution in [0.4, 0.5) is 0 Å². The van der Waals surface area contributed by atoms with Crippen LogP contribution in [-0.4, -0.2) is 24.1 Å². The lowest BCUT2D eigenvalue weighted by atomic mass is 10.1. The lowest BCUT2D eigenvalue weighted by Crippen LogP contribution is -2.13. The number of carbonyl (C=O) groups excluding carboxylic acids is 1. The number of aromatic nitrogens is 1. The Hall–Kier alpha value is -2.49. The van der Waals surface area contributed by atoms with E-state index >= 15 is 0 Å². The van der Waals surface area contributed by atoms with Crippen molar-refractivity contribution in [3.63, 3.8) is 0 Å². The van der Waals surface area contributed by atoms with Gasteiger partial charge >= 0.3 is 0 Å². The maximum absolute atomic E-state index is 12.6. The van der Waals surface area contributed by atoms with E-state index in [1.165, 1.54) is 12.8 Å². The van der Waals surface area contributed by atoms with Crippen molar-refractivity contribution in [3.05, 3.63) is 52.9 Å². The molecule has 0 spiro atoms. The van der Waals surface area contributed by atoms with Crippen molar-refractivity contribution in [2.45, 2.75) is 39.7 Å². The van der Waals surface area contributed by atoms with Gasteiger partial charge in [0.15, 0.2) is 18.1 Å². The van der Waals surface area contributed by atoms with Gasteiger partial charge in [0.2, 0.25) is 5.78 Å². The fraction of sp³-hybridized carbons (Fsp3) is 0.381. The molecule has 0 amide bonds. The summed E-state index contributed by atoms with van der Waals surface area (Å²) in [6.07, 6.45) is 6.37. The largest absolute Gasteiger partial charge is 0.493 e. The molecule has 0 bridgehead atoms. The number of Topliss-reactive ketones (excluding diaryl/α,β-unsaturated/α-hetero) is 1. The summed E-state index contributed by atoms with van der Waals surface area (Å²) >= 11 is 0. The average Bonchev–Trinajstić information content (AvgIpc) is 3.38.